The fourth-order valence-corrected chi connectivity index (χ4v) is 3.20. The third-order valence-electron chi connectivity index (χ3n) is 3.81. The molecular weight excluding hydrogens is 324 g/mol. The van der Waals surface area contributed by atoms with Crippen LogP contribution in [0.25, 0.3) is 23.4 Å². The average molecular weight is 337 g/mol. The second-order valence-electron chi connectivity index (χ2n) is 5.12. The number of halogens is 1. The lowest BCUT2D eigenvalue weighted by Crippen LogP contribution is -1.88. The van der Waals surface area contributed by atoms with Crippen molar-refractivity contribution in [3.05, 3.63) is 76.2 Å². The molecule has 0 fully saturated rings. The maximum Gasteiger partial charge on any atom is 0.0961 e. The highest BCUT2D eigenvalue weighted by atomic mass is 79.9. The first-order valence-corrected chi connectivity index (χ1v) is 7.68. The number of hydrogen-bond acceptors (Lipinski definition) is 1. The van der Waals surface area contributed by atoms with E-state index in [2.05, 4.69) is 68.0 Å². The standard InChI is InChI=1S/C18H13BrN2/c19-16-8-4-2-5-13(16)9-10-17-18-15-7-3-1-6-14(15)11-21(18)12-20-17/h1-10,12H,11H2/b10-9+. The van der Waals surface area contributed by atoms with Gasteiger partial charge in [0.15, 0.2) is 0 Å². The molecule has 2 aromatic carbocycles. The Morgan fingerprint density at radius 1 is 1.00 bits per heavy atom. The van der Waals surface area contributed by atoms with Gasteiger partial charge in [-0.05, 0) is 23.3 Å². The van der Waals surface area contributed by atoms with E-state index < -0.39 is 0 Å². The van der Waals surface area contributed by atoms with Crippen LogP contribution < -0.4 is 0 Å². The highest BCUT2D eigenvalue weighted by Gasteiger charge is 2.20. The lowest BCUT2D eigenvalue weighted by atomic mass is 10.1. The smallest absolute Gasteiger partial charge is 0.0961 e. The molecule has 0 bridgehead atoms. The normalized spacial score (nSPS) is 12.6. The molecule has 0 saturated carbocycles. The summed E-state index contributed by atoms with van der Waals surface area (Å²) in [5, 5.41) is 0. The fourth-order valence-electron chi connectivity index (χ4n) is 2.78. The zero-order valence-corrected chi connectivity index (χ0v) is 12.9. The largest absolute Gasteiger partial charge is 0.326 e. The third kappa shape index (κ3) is 2.14. The molecule has 0 spiro atoms. The van der Waals surface area contributed by atoms with Gasteiger partial charge in [-0.15, -0.1) is 0 Å². The number of aromatic nitrogens is 2. The van der Waals surface area contributed by atoms with E-state index in [0.717, 1.165) is 22.3 Å². The van der Waals surface area contributed by atoms with Crippen molar-refractivity contribution in [2.24, 2.45) is 0 Å². The minimum absolute atomic E-state index is 0.918. The minimum Gasteiger partial charge on any atom is -0.326 e. The van der Waals surface area contributed by atoms with Crippen LogP contribution in [0, 0.1) is 0 Å². The Morgan fingerprint density at radius 3 is 2.71 bits per heavy atom. The summed E-state index contributed by atoms with van der Waals surface area (Å²) < 4.78 is 3.31. The van der Waals surface area contributed by atoms with Gasteiger partial charge in [0.2, 0.25) is 0 Å². The Bertz CT molecular complexity index is 846. The zero-order valence-electron chi connectivity index (χ0n) is 11.3. The van der Waals surface area contributed by atoms with E-state index in [1.807, 2.05) is 24.5 Å². The second-order valence-corrected chi connectivity index (χ2v) is 5.97. The van der Waals surface area contributed by atoms with Crippen LogP contribution in [-0.2, 0) is 6.54 Å². The first kappa shape index (κ1) is 12.6. The first-order valence-electron chi connectivity index (χ1n) is 6.89. The summed E-state index contributed by atoms with van der Waals surface area (Å²) in [5.41, 5.74) is 6.06. The molecule has 0 amide bonds. The molecule has 1 aliphatic rings. The van der Waals surface area contributed by atoms with Crippen LogP contribution >= 0.6 is 15.9 Å². The van der Waals surface area contributed by atoms with Crippen molar-refractivity contribution in [3.63, 3.8) is 0 Å². The Morgan fingerprint density at radius 2 is 1.81 bits per heavy atom. The number of hydrogen-bond donors (Lipinski definition) is 0. The lowest BCUT2D eigenvalue weighted by Gasteiger charge is -1.99. The van der Waals surface area contributed by atoms with Gasteiger partial charge in [0, 0.05) is 16.6 Å². The number of rotatable bonds is 2. The van der Waals surface area contributed by atoms with Gasteiger partial charge in [-0.25, -0.2) is 4.98 Å². The highest BCUT2D eigenvalue weighted by Crippen LogP contribution is 2.34. The Hall–Kier alpha value is -2.13. The molecule has 0 aliphatic carbocycles. The second kappa shape index (κ2) is 5.01. The molecule has 2 nitrogen and oxygen atoms in total. The van der Waals surface area contributed by atoms with Gasteiger partial charge in [-0.2, -0.15) is 0 Å². The van der Waals surface area contributed by atoms with Crippen LogP contribution in [0.3, 0.4) is 0 Å². The molecule has 0 saturated heterocycles. The minimum atomic E-state index is 0.918. The topological polar surface area (TPSA) is 17.8 Å². The van der Waals surface area contributed by atoms with Crippen molar-refractivity contribution < 1.29 is 0 Å². The van der Waals surface area contributed by atoms with E-state index in [4.69, 9.17) is 0 Å². The quantitative estimate of drug-likeness (QED) is 0.512. The first-order chi connectivity index (χ1) is 10.3. The van der Waals surface area contributed by atoms with Crippen molar-refractivity contribution in [1.82, 2.24) is 9.55 Å². The summed E-state index contributed by atoms with van der Waals surface area (Å²) in [6, 6.07) is 16.7. The van der Waals surface area contributed by atoms with Crippen molar-refractivity contribution in [3.8, 4) is 11.3 Å². The van der Waals surface area contributed by atoms with E-state index in [9.17, 15) is 0 Å². The molecule has 21 heavy (non-hydrogen) atoms. The molecular formula is C18H13BrN2. The van der Waals surface area contributed by atoms with E-state index in [1.54, 1.807) is 0 Å². The summed E-state index contributed by atoms with van der Waals surface area (Å²) in [6.45, 7) is 0.918. The van der Waals surface area contributed by atoms with Gasteiger partial charge >= 0.3 is 0 Å². The van der Waals surface area contributed by atoms with Crippen LogP contribution in [-0.4, -0.2) is 9.55 Å². The average Bonchev–Trinajstić information content (AvgIpc) is 3.05. The van der Waals surface area contributed by atoms with Gasteiger partial charge in [-0.3, -0.25) is 0 Å². The number of benzene rings is 2. The molecule has 3 aromatic rings. The molecule has 1 aliphatic heterocycles. The lowest BCUT2D eigenvalue weighted by molar-refractivity contribution is 0.840. The molecule has 0 radical (unpaired) electrons. The fraction of sp³-hybridized carbons (Fsp3) is 0.0556. The van der Waals surface area contributed by atoms with Crippen LogP contribution in [0.15, 0.2) is 59.3 Å². The summed E-state index contributed by atoms with van der Waals surface area (Å²) >= 11 is 3.57. The van der Waals surface area contributed by atoms with E-state index in [1.165, 1.54) is 16.8 Å². The summed E-state index contributed by atoms with van der Waals surface area (Å²) in [7, 11) is 0. The summed E-state index contributed by atoms with van der Waals surface area (Å²) in [5.74, 6) is 0. The predicted molar refractivity (Wildman–Crippen MR) is 89.8 cm³/mol. The van der Waals surface area contributed by atoms with Crippen molar-refractivity contribution in [1.29, 1.82) is 0 Å². The Labute approximate surface area is 131 Å². The van der Waals surface area contributed by atoms with Crippen LogP contribution in [0.2, 0.25) is 0 Å². The molecule has 0 unspecified atom stereocenters. The van der Waals surface area contributed by atoms with E-state index >= 15 is 0 Å². The Balaban J connectivity index is 1.76. The summed E-state index contributed by atoms with van der Waals surface area (Å²) in [6.07, 6.45) is 6.12. The Kier molecular flexibility index (Phi) is 3.00. The predicted octanol–water partition coefficient (Wildman–Crippen LogP) is 4.84. The molecule has 1 aromatic heterocycles. The van der Waals surface area contributed by atoms with Crippen molar-refractivity contribution in [2.45, 2.75) is 6.54 Å². The molecule has 102 valence electrons. The molecule has 2 heterocycles. The highest BCUT2D eigenvalue weighted by molar-refractivity contribution is 9.10. The van der Waals surface area contributed by atoms with E-state index in [-0.39, 0.29) is 0 Å². The zero-order chi connectivity index (χ0) is 14.2. The maximum absolute atomic E-state index is 4.54. The number of imidazole rings is 1. The molecule has 3 heteroatoms. The molecule has 4 rings (SSSR count). The van der Waals surface area contributed by atoms with Crippen LogP contribution in [0.5, 0.6) is 0 Å². The van der Waals surface area contributed by atoms with E-state index in [0.29, 0.717) is 0 Å². The maximum atomic E-state index is 4.54. The van der Waals surface area contributed by atoms with Gasteiger partial charge in [0.05, 0.1) is 17.7 Å². The van der Waals surface area contributed by atoms with Crippen molar-refractivity contribution in [2.75, 3.05) is 0 Å². The SMILES string of the molecule is Brc1ccccc1/C=C/c1ncn2c1-c1ccccc1C2. The third-order valence-corrected chi connectivity index (χ3v) is 4.53. The number of nitrogens with zero attached hydrogens (tertiary/aromatic N) is 2. The molecule has 0 atom stereocenters. The number of fused-ring (bicyclic) bond motifs is 3. The monoisotopic (exact) mass is 336 g/mol. The van der Waals surface area contributed by atoms with Crippen molar-refractivity contribution >= 4 is 28.1 Å². The van der Waals surface area contributed by atoms with Crippen LogP contribution in [0.4, 0.5) is 0 Å². The van der Waals surface area contributed by atoms with Gasteiger partial charge in [-0.1, -0.05) is 64.5 Å². The van der Waals surface area contributed by atoms with Gasteiger partial charge in [0.25, 0.3) is 0 Å². The van der Waals surface area contributed by atoms with Gasteiger partial charge in [0.1, 0.15) is 0 Å². The van der Waals surface area contributed by atoms with Crippen LogP contribution in [0.1, 0.15) is 16.8 Å². The van der Waals surface area contributed by atoms with Gasteiger partial charge < -0.3 is 4.57 Å². The summed E-state index contributed by atoms with van der Waals surface area (Å²) in [4.78, 5) is 4.54. The molecule has 0 N–H and O–H groups in total.